The highest BCUT2D eigenvalue weighted by Gasteiger charge is 2.19. The van der Waals surface area contributed by atoms with Gasteiger partial charge < -0.3 is 24.3 Å². The number of aryl methyl sites for hydroxylation is 1. The molecule has 1 N–H and O–H groups in total. The predicted octanol–water partition coefficient (Wildman–Crippen LogP) is 3.04. The number of nitrogens with one attached hydrogen (secondary N) is 1. The summed E-state index contributed by atoms with van der Waals surface area (Å²) in [5.74, 6) is 2.17. The summed E-state index contributed by atoms with van der Waals surface area (Å²) in [6.45, 7) is 2.84. The fourth-order valence-electron chi connectivity index (χ4n) is 2.54. The maximum Gasteiger partial charge on any atom is 0.256 e. The number of methoxy groups -OCH3 is 2. The molecule has 1 amide bonds. The van der Waals surface area contributed by atoms with Crippen LogP contribution in [0.25, 0.3) is 0 Å². The van der Waals surface area contributed by atoms with Gasteiger partial charge >= 0.3 is 0 Å². The summed E-state index contributed by atoms with van der Waals surface area (Å²) in [6, 6.07) is 8.73. The number of amides is 1. The van der Waals surface area contributed by atoms with E-state index in [4.69, 9.17) is 18.9 Å². The molecule has 1 aliphatic rings. The van der Waals surface area contributed by atoms with Gasteiger partial charge in [0.05, 0.1) is 19.9 Å². The minimum atomic E-state index is -0.254. The molecule has 0 atom stereocenters. The van der Waals surface area contributed by atoms with Crippen molar-refractivity contribution >= 4 is 11.6 Å². The molecule has 0 saturated heterocycles. The number of hydrogen-bond donors (Lipinski definition) is 1. The van der Waals surface area contributed by atoms with Gasteiger partial charge in [-0.25, -0.2) is 0 Å². The Morgan fingerprint density at radius 1 is 1.04 bits per heavy atom. The minimum absolute atomic E-state index is 0.254. The molecule has 2 aromatic rings. The zero-order valence-corrected chi connectivity index (χ0v) is 13.8. The lowest BCUT2D eigenvalue weighted by atomic mass is 10.1. The van der Waals surface area contributed by atoms with E-state index in [0.717, 1.165) is 5.56 Å². The first-order chi connectivity index (χ1) is 11.6. The van der Waals surface area contributed by atoms with Crippen LogP contribution in [0.1, 0.15) is 15.9 Å². The Kier molecular flexibility index (Phi) is 4.46. The molecule has 0 saturated carbocycles. The summed E-state index contributed by atoms with van der Waals surface area (Å²) in [5, 5.41) is 2.86. The van der Waals surface area contributed by atoms with E-state index in [9.17, 15) is 4.79 Å². The van der Waals surface area contributed by atoms with Crippen molar-refractivity contribution in [3.05, 3.63) is 41.5 Å². The molecule has 1 heterocycles. The molecule has 0 fully saturated rings. The molecule has 24 heavy (non-hydrogen) atoms. The van der Waals surface area contributed by atoms with Crippen LogP contribution < -0.4 is 24.3 Å². The first-order valence-electron chi connectivity index (χ1n) is 7.56. The van der Waals surface area contributed by atoms with Gasteiger partial charge in [0.25, 0.3) is 5.91 Å². The van der Waals surface area contributed by atoms with Crippen molar-refractivity contribution in [2.24, 2.45) is 0 Å². The van der Waals surface area contributed by atoms with Crippen LogP contribution in [-0.4, -0.2) is 33.3 Å². The molecule has 0 aliphatic carbocycles. The topological polar surface area (TPSA) is 66.0 Å². The number of hydrogen-bond acceptors (Lipinski definition) is 5. The number of anilines is 1. The third-order valence-electron chi connectivity index (χ3n) is 3.79. The lowest BCUT2D eigenvalue weighted by Crippen LogP contribution is -2.18. The fourth-order valence-corrected chi connectivity index (χ4v) is 2.54. The van der Waals surface area contributed by atoms with E-state index in [1.807, 2.05) is 13.0 Å². The average molecular weight is 329 g/mol. The smallest absolute Gasteiger partial charge is 0.256 e. The number of rotatable bonds is 4. The second-order valence-electron chi connectivity index (χ2n) is 5.33. The number of fused-ring (bicyclic) bond motifs is 1. The normalized spacial score (nSPS) is 12.5. The Morgan fingerprint density at radius 2 is 1.75 bits per heavy atom. The monoisotopic (exact) mass is 329 g/mol. The number of ether oxygens (including phenoxy) is 4. The molecule has 0 bridgehead atoms. The highest BCUT2D eigenvalue weighted by Crippen LogP contribution is 2.34. The standard InChI is InChI=1S/C18H19NO5/c1-11-8-16-17(24-7-6-23-16)10-13(11)18(20)19-14-9-12(21-2)4-5-15(14)22-3/h4-5,8-10H,6-7H2,1-3H3,(H,19,20). The molecule has 6 heteroatoms. The first kappa shape index (κ1) is 16.0. The fraction of sp³-hybridized carbons (Fsp3) is 0.278. The highest BCUT2D eigenvalue weighted by molar-refractivity contribution is 6.06. The summed E-state index contributed by atoms with van der Waals surface area (Å²) >= 11 is 0. The van der Waals surface area contributed by atoms with Crippen molar-refractivity contribution in [2.45, 2.75) is 6.92 Å². The van der Waals surface area contributed by atoms with Crippen molar-refractivity contribution in [1.29, 1.82) is 0 Å². The average Bonchev–Trinajstić information content (AvgIpc) is 2.60. The first-order valence-corrected chi connectivity index (χ1v) is 7.56. The Balaban J connectivity index is 1.90. The Morgan fingerprint density at radius 3 is 2.42 bits per heavy atom. The van der Waals surface area contributed by atoms with Crippen LogP contribution in [0.15, 0.2) is 30.3 Å². The maximum absolute atomic E-state index is 12.7. The zero-order valence-electron chi connectivity index (χ0n) is 13.8. The van der Waals surface area contributed by atoms with E-state index in [1.54, 1.807) is 38.5 Å². The lowest BCUT2D eigenvalue weighted by Gasteiger charge is -2.20. The summed E-state index contributed by atoms with van der Waals surface area (Å²) < 4.78 is 21.6. The van der Waals surface area contributed by atoms with Gasteiger partial charge in [0.15, 0.2) is 11.5 Å². The molecular weight excluding hydrogens is 310 g/mol. The molecular formula is C18H19NO5. The summed E-state index contributed by atoms with van der Waals surface area (Å²) in [5.41, 5.74) is 1.86. The SMILES string of the molecule is COc1ccc(OC)c(NC(=O)c2cc3c(cc2C)OCCO3)c1. The summed E-state index contributed by atoms with van der Waals surface area (Å²) in [7, 11) is 3.12. The van der Waals surface area contributed by atoms with E-state index in [0.29, 0.717) is 47.5 Å². The molecule has 3 rings (SSSR count). The van der Waals surface area contributed by atoms with Crippen molar-refractivity contribution < 1.29 is 23.7 Å². The molecule has 2 aromatic carbocycles. The van der Waals surface area contributed by atoms with E-state index < -0.39 is 0 Å². The van der Waals surface area contributed by atoms with Crippen molar-refractivity contribution in [2.75, 3.05) is 32.8 Å². The van der Waals surface area contributed by atoms with Crippen molar-refractivity contribution in [3.8, 4) is 23.0 Å². The third-order valence-corrected chi connectivity index (χ3v) is 3.79. The van der Waals surface area contributed by atoms with Gasteiger partial charge in [0.1, 0.15) is 24.7 Å². The molecule has 1 aliphatic heterocycles. The molecule has 6 nitrogen and oxygen atoms in total. The van der Waals surface area contributed by atoms with Gasteiger partial charge in [-0.2, -0.15) is 0 Å². The molecule has 0 radical (unpaired) electrons. The number of benzene rings is 2. The second-order valence-corrected chi connectivity index (χ2v) is 5.33. The van der Waals surface area contributed by atoms with Gasteiger partial charge in [0, 0.05) is 11.6 Å². The third kappa shape index (κ3) is 3.08. The number of carbonyl (C=O) groups excluding carboxylic acids is 1. The Labute approximate surface area is 140 Å². The van der Waals surface area contributed by atoms with Crippen molar-refractivity contribution in [1.82, 2.24) is 0 Å². The molecule has 0 spiro atoms. The summed E-state index contributed by atoms with van der Waals surface area (Å²) in [6.07, 6.45) is 0. The largest absolute Gasteiger partial charge is 0.497 e. The van der Waals surface area contributed by atoms with E-state index in [-0.39, 0.29) is 5.91 Å². The van der Waals surface area contributed by atoms with Gasteiger partial charge in [-0.1, -0.05) is 0 Å². The van der Waals surface area contributed by atoms with E-state index in [1.165, 1.54) is 0 Å². The lowest BCUT2D eigenvalue weighted by molar-refractivity contribution is 0.102. The highest BCUT2D eigenvalue weighted by atomic mass is 16.6. The van der Waals surface area contributed by atoms with Gasteiger partial charge in [-0.05, 0) is 36.8 Å². The van der Waals surface area contributed by atoms with Crippen LogP contribution >= 0.6 is 0 Å². The van der Waals surface area contributed by atoms with Crippen LogP contribution in [0.4, 0.5) is 5.69 Å². The summed E-state index contributed by atoms with van der Waals surface area (Å²) in [4.78, 5) is 12.7. The molecule has 0 unspecified atom stereocenters. The Bertz CT molecular complexity index is 772. The van der Waals surface area contributed by atoms with Gasteiger partial charge in [-0.15, -0.1) is 0 Å². The van der Waals surface area contributed by atoms with Crippen LogP contribution in [0.3, 0.4) is 0 Å². The van der Waals surface area contributed by atoms with Crippen LogP contribution in [-0.2, 0) is 0 Å². The molecule has 0 aromatic heterocycles. The molecule has 126 valence electrons. The second kappa shape index (κ2) is 6.70. The maximum atomic E-state index is 12.7. The van der Waals surface area contributed by atoms with Crippen LogP contribution in [0, 0.1) is 6.92 Å². The van der Waals surface area contributed by atoms with E-state index >= 15 is 0 Å². The van der Waals surface area contributed by atoms with Crippen molar-refractivity contribution in [3.63, 3.8) is 0 Å². The van der Waals surface area contributed by atoms with Crippen LogP contribution in [0.5, 0.6) is 23.0 Å². The van der Waals surface area contributed by atoms with Crippen LogP contribution in [0.2, 0.25) is 0 Å². The quantitative estimate of drug-likeness (QED) is 0.934. The predicted molar refractivity (Wildman–Crippen MR) is 89.7 cm³/mol. The van der Waals surface area contributed by atoms with Gasteiger partial charge in [-0.3, -0.25) is 4.79 Å². The van der Waals surface area contributed by atoms with E-state index in [2.05, 4.69) is 5.32 Å². The minimum Gasteiger partial charge on any atom is -0.497 e. The Hall–Kier alpha value is -2.89. The van der Waals surface area contributed by atoms with Gasteiger partial charge in [0.2, 0.25) is 0 Å². The zero-order chi connectivity index (χ0) is 17.1. The number of carbonyl (C=O) groups is 1.